The van der Waals surface area contributed by atoms with Gasteiger partial charge < -0.3 is 15.0 Å². The smallest absolute Gasteiger partial charge is 0.322 e. The number of fused-ring (bicyclic) bond motifs is 1. The first-order valence-electron chi connectivity index (χ1n) is 11.5. The molecule has 34 heavy (non-hydrogen) atoms. The zero-order valence-corrected chi connectivity index (χ0v) is 18.8. The summed E-state index contributed by atoms with van der Waals surface area (Å²) >= 11 is 0. The first-order valence-corrected chi connectivity index (χ1v) is 11.5. The molecule has 0 aliphatic carbocycles. The number of urea groups is 1. The number of anilines is 1. The maximum absolute atomic E-state index is 13.1. The summed E-state index contributed by atoms with van der Waals surface area (Å²) < 4.78 is 18.4. The lowest BCUT2D eigenvalue weighted by Crippen LogP contribution is -2.40. The molecule has 3 aromatic carbocycles. The van der Waals surface area contributed by atoms with Crippen molar-refractivity contribution in [3.63, 3.8) is 0 Å². The Morgan fingerprint density at radius 1 is 0.882 bits per heavy atom. The van der Waals surface area contributed by atoms with Gasteiger partial charge in [0.1, 0.15) is 5.82 Å². The van der Waals surface area contributed by atoms with Crippen molar-refractivity contribution in [3.8, 4) is 11.1 Å². The molecule has 2 heterocycles. The molecular weight excluding hydrogens is 433 g/mol. The second-order valence-electron chi connectivity index (χ2n) is 8.51. The molecule has 0 saturated carbocycles. The quantitative estimate of drug-likeness (QED) is 0.635. The summed E-state index contributed by atoms with van der Waals surface area (Å²) in [6.07, 6.45) is 0.779. The summed E-state index contributed by atoms with van der Waals surface area (Å²) in [7, 11) is 0. The number of hydrogen-bond acceptors (Lipinski definition) is 3. The molecule has 6 nitrogen and oxygen atoms in total. The molecule has 5 rings (SSSR count). The van der Waals surface area contributed by atoms with Gasteiger partial charge in [-0.3, -0.25) is 9.69 Å². The Morgan fingerprint density at radius 2 is 1.59 bits per heavy atom. The zero-order valence-electron chi connectivity index (χ0n) is 18.8. The number of morpholine rings is 1. The summed E-state index contributed by atoms with van der Waals surface area (Å²) in [4.78, 5) is 29.0. The second kappa shape index (κ2) is 9.65. The Hall–Kier alpha value is -3.71. The molecule has 0 spiro atoms. The van der Waals surface area contributed by atoms with Crippen LogP contribution in [-0.4, -0.2) is 49.7 Å². The number of ether oxygens (including phenoxy) is 1. The number of amides is 3. The van der Waals surface area contributed by atoms with Crippen LogP contribution in [0.5, 0.6) is 0 Å². The van der Waals surface area contributed by atoms with Gasteiger partial charge in [-0.2, -0.15) is 0 Å². The lowest BCUT2D eigenvalue weighted by Gasteiger charge is -2.26. The minimum atomic E-state index is -0.294. The minimum Gasteiger partial charge on any atom is -0.378 e. The highest BCUT2D eigenvalue weighted by Gasteiger charge is 2.25. The van der Waals surface area contributed by atoms with Crippen LogP contribution in [0.2, 0.25) is 0 Å². The van der Waals surface area contributed by atoms with Crippen molar-refractivity contribution in [2.75, 3.05) is 37.7 Å². The highest BCUT2D eigenvalue weighted by Crippen LogP contribution is 2.32. The highest BCUT2D eigenvalue weighted by atomic mass is 19.1. The van der Waals surface area contributed by atoms with E-state index in [-0.39, 0.29) is 17.8 Å². The Balaban J connectivity index is 1.25. The molecule has 0 radical (unpaired) electrons. The summed E-state index contributed by atoms with van der Waals surface area (Å²) in [5.74, 6) is -0.260. The standard InChI is InChI=1S/C27H26FN3O3/c28-24-8-1-19(2-9-24)18-29-27(33)31-12-11-23-17-22(7-10-25(23)31)20-3-5-21(6-4-20)26(32)30-13-15-34-16-14-30/h1-10,17H,11-16,18H2,(H,29,33). The van der Waals surface area contributed by atoms with Gasteiger partial charge in [-0.25, -0.2) is 9.18 Å². The third-order valence-corrected chi connectivity index (χ3v) is 6.34. The van der Waals surface area contributed by atoms with Crippen LogP contribution in [0.1, 0.15) is 21.5 Å². The molecule has 2 aliphatic heterocycles. The maximum atomic E-state index is 13.1. The topological polar surface area (TPSA) is 61.9 Å². The van der Waals surface area contributed by atoms with Crippen molar-refractivity contribution in [2.45, 2.75) is 13.0 Å². The summed E-state index contributed by atoms with van der Waals surface area (Å²) in [5, 5.41) is 2.91. The molecular formula is C27H26FN3O3. The fourth-order valence-corrected chi connectivity index (χ4v) is 4.42. The van der Waals surface area contributed by atoms with Gasteiger partial charge in [0.25, 0.3) is 5.91 Å². The van der Waals surface area contributed by atoms with Crippen molar-refractivity contribution in [3.05, 3.63) is 89.2 Å². The molecule has 3 amide bonds. The Labute approximate surface area is 197 Å². The fourth-order valence-electron chi connectivity index (χ4n) is 4.42. The number of halogens is 1. The number of rotatable bonds is 4. The van der Waals surface area contributed by atoms with Gasteiger partial charge in [0.2, 0.25) is 0 Å². The SMILES string of the molecule is O=C(c1ccc(-c2ccc3c(c2)CCN3C(=O)NCc2ccc(F)cc2)cc1)N1CCOCC1. The van der Waals surface area contributed by atoms with Crippen molar-refractivity contribution in [2.24, 2.45) is 0 Å². The molecule has 0 bridgehead atoms. The average molecular weight is 460 g/mol. The van der Waals surface area contributed by atoms with E-state index in [1.165, 1.54) is 12.1 Å². The summed E-state index contributed by atoms with van der Waals surface area (Å²) in [6.45, 7) is 3.37. The van der Waals surface area contributed by atoms with Crippen molar-refractivity contribution in [1.29, 1.82) is 0 Å². The number of carbonyl (C=O) groups excluding carboxylic acids is 2. The lowest BCUT2D eigenvalue weighted by atomic mass is 10.0. The van der Waals surface area contributed by atoms with Crippen LogP contribution in [-0.2, 0) is 17.7 Å². The number of nitrogens with zero attached hydrogens (tertiary/aromatic N) is 2. The van der Waals surface area contributed by atoms with Crippen LogP contribution in [0.15, 0.2) is 66.7 Å². The molecule has 2 aliphatic rings. The van der Waals surface area contributed by atoms with E-state index in [9.17, 15) is 14.0 Å². The minimum absolute atomic E-state index is 0.0334. The summed E-state index contributed by atoms with van der Waals surface area (Å²) in [6, 6.07) is 19.7. The van der Waals surface area contributed by atoms with E-state index in [1.54, 1.807) is 17.0 Å². The summed E-state index contributed by atoms with van der Waals surface area (Å²) in [5.41, 5.74) is 5.62. The fraction of sp³-hybridized carbons (Fsp3) is 0.259. The van der Waals surface area contributed by atoms with Gasteiger partial charge in [0.05, 0.1) is 13.2 Å². The van der Waals surface area contributed by atoms with Crippen LogP contribution in [0, 0.1) is 5.82 Å². The van der Waals surface area contributed by atoms with Crippen LogP contribution in [0.3, 0.4) is 0 Å². The van der Waals surface area contributed by atoms with Gasteiger partial charge >= 0.3 is 6.03 Å². The van der Waals surface area contributed by atoms with E-state index < -0.39 is 0 Å². The van der Waals surface area contributed by atoms with E-state index >= 15 is 0 Å². The first-order chi connectivity index (χ1) is 16.6. The molecule has 7 heteroatoms. The Kier molecular flexibility index (Phi) is 6.27. The van der Waals surface area contributed by atoms with Gasteiger partial charge in [0.15, 0.2) is 0 Å². The maximum Gasteiger partial charge on any atom is 0.322 e. The number of carbonyl (C=O) groups is 2. The number of nitrogens with one attached hydrogen (secondary N) is 1. The average Bonchev–Trinajstić information content (AvgIpc) is 3.32. The third kappa shape index (κ3) is 4.65. The molecule has 0 aromatic heterocycles. The third-order valence-electron chi connectivity index (χ3n) is 6.34. The highest BCUT2D eigenvalue weighted by molar-refractivity contribution is 5.96. The van der Waals surface area contributed by atoms with E-state index in [1.807, 2.05) is 41.3 Å². The van der Waals surface area contributed by atoms with Crippen molar-refractivity contribution >= 4 is 17.6 Å². The molecule has 1 fully saturated rings. The largest absolute Gasteiger partial charge is 0.378 e. The van der Waals surface area contributed by atoms with E-state index in [4.69, 9.17) is 4.74 Å². The van der Waals surface area contributed by atoms with E-state index in [2.05, 4.69) is 11.4 Å². The van der Waals surface area contributed by atoms with Crippen molar-refractivity contribution in [1.82, 2.24) is 10.2 Å². The first kappa shape index (κ1) is 22.1. The molecule has 0 unspecified atom stereocenters. The van der Waals surface area contributed by atoms with Crippen LogP contribution < -0.4 is 10.2 Å². The molecule has 174 valence electrons. The Morgan fingerprint density at radius 3 is 2.32 bits per heavy atom. The van der Waals surface area contributed by atoms with Gasteiger partial charge in [0, 0.05) is 37.4 Å². The van der Waals surface area contributed by atoms with Crippen LogP contribution >= 0.6 is 0 Å². The predicted molar refractivity (Wildman–Crippen MR) is 128 cm³/mol. The van der Waals surface area contributed by atoms with Crippen LogP contribution in [0.25, 0.3) is 11.1 Å². The van der Waals surface area contributed by atoms with Gasteiger partial charge in [-0.15, -0.1) is 0 Å². The molecule has 3 aromatic rings. The monoisotopic (exact) mass is 459 g/mol. The van der Waals surface area contributed by atoms with Gasteiger partial charge in [-0.05, 0) is 65.1 Å². The van der Waals surface area contributed by atoms with E-state index in [0.717, 1.165) is 34.4 Å². The second-order valence-corrected chi connectivity index (χ2v) is 8.51. The van der Waals surface area contributed by atoms with Gasteiger partial charge in [-0.1, -0.05) is 30.3 Å². The van der Waals surface area contributed by atoms with E-state index in [0.29, 0.717) is 45.0 Å². The predicted octanol–water partition coefficient (Wildman–Crippen LogP) is 4.24. The van der Waals surface area contributed by atoms with Crippen molar-refractivity contribution < 1.29 is 18.7 Å². The lowest BCUT2D eigenvalue weighted by molar-refractivity contribution is 0.0303. The van der Waals surface area contributed by atoms with Crippen LogP contribution in [0.4, 0.5) is 14.9 Å². The molecule has 1 N–H and O–H groups in total. The molecule has 0 atom stereocenters. The Bertz CT molecular complexity index is 1190. The number of benzene rings is 3. The normalized spacial score (nSPS) is 15.2. The zero-order chi connectivity index (χ0) is 23.5. The number of hydrogen-bond donors (Lipinski definition) is 1. The molecule has 1 saturated heterocycles.